The number of nitrogens with zero attached hydrogens (tertiary/aromatic N) is 3. The number of piperazine rings is 1. The largest absolute Gasteiger partial charge is 0.298 e. The van der Waals surface area contributed by atoms with Crippen molar-refractivity contribution in [2.24, 2.45) is 0 Å². The van der Waals surface area contributed by atoms with Crippen molar-refractivity contribution in [3.63, 3.8) is 0 Å². The average Bonchev–Trinajstić information content (AvgIpc) is 3.08. The third kappa shape index (κ3) is 3.45. The predicted molar refractivity (Wildman–Crippen MR) is 84.8 cm³/mol. The highest BCUT2D eigenvalue weighted by Crippen LogP contribution is 2.28. The topological polar surface area (TPSA) is 30.3 Å². The van der Waals surface area contributed by atoms with E-state index in [0.717, 1.165) is 19.1 Å². The zero-order valence-corrected chi connectivity index (χ0v) is 12.7. The van der Waals surface area contributed by atoms with Crippen molar-refractivity contribution >= 4 is 0 Å². The Bertz CT molecular complexity index is 465. The van der Waals surface area contributed by atoms with Crippen molar-refractivity contribution in [3.8, 4) is 6.07 Å². The highest BCUT2D eigenvalue weighted by atomic mass is 15.3. The molecule has 1 aliphatic heterocycles. The molecule has 3 nitrogen and oxygen atoms in total. The lowest BCUT2D eigenvalue weighted by atomic mass is 10.0. The van der Waals surface area contributed by atoms with Crippen molar-refractivity contribution in [2.75, 3.05) is 26.2 Å². The lowest BCUT2D eigenvalue weighted by Crippen LogP contribution is -2.50. The van der Waals surface area contributed by atoms with Gasteiger partial charge in [-0.3, -0.25) is 9.80 Å². The Balaban J connectivity index is 1.62. The molecule has 0 radical (unpaired) electrons. The molecule has 1 aliphatic carbocycles. The first kappa shape index (κ1) is 14.6. The molecular formula is C18H25N3. The summed E-state index contributed by atoms with van der Waals surface area (Å²) in [6, 6.07) is 14.0. The van der Waals surface area contributed by atoms with Gasteiger partial charge in [-0.2, -0.15) is 5.26 Å². The van der Waals surface area contributed by atoms with E-state index in [1.54, 1.807) is 0 Å². The van der Waals surface area contributed by atoms with Crippen LogP contribution in [0.15, 0.2) is 30.3 Å². The molecule has 1 atom stereocenters. The van der Waals surface area contributed by atoms with Crippen molar-refractivity contribution in [2.45, 2.75) is 44.2 Å². The van der Waals surface area contributed by atoms with Gasteiger partial charge < -0.3 is 0 Å². The molecule has 0 spiro atoms. The van der Waals surface area contributed by atoms with Crippen LogP contribution in [-0.4, -0.2) is 42.0 Å². The second-order valence-corrected chi connectivity index (χ2v) is 6.30. The molecular weight excluding hydrogens is 258 g/mol. The van der Waals surface area contributed by atoms with Crippen LogP contribution in [0.3, 0.4) is 0 Å². The van der Waals surface area contributed by atoms with Crippen LogP contribution < -0.4 is 0 Å². The molecule has 1 aromatic rings. The smallest absolute Gasteiger partial charge is 0.0641 e. The Labute approximate surface area is 128 Å². The fraction of sp³-hybridized carbons (Fsp3) is 0.611. The number of benzene rings is 1. The van der Waals surface area contributed by atoms with Gasteiger partial charge in [0.25, 0.3) is 0 Å². The molecule has 1 saturated carbocycles. The zero-order valence-electron chi connectivity index (χ0n) is 12.7. The van der Waals surface area contributed by atoms with Crippen LogP contribution in [0.1, 0.15) is 43.7 Å². The molecule has 0 aromatic heterocycles. The van der Waals surface area contributed by atoms with E-state index in [1.807, 2.05) is 6.07 Å². The minimum absolute atomic E-state index is 0.266. The monoisotopic (exact) mass is 283 g/mol. The van der Waals surface area contributed by atoms with Gasteiger partial charge in [-0.1, -0.05) is 43.2 Å². The summed E-state index contributed by atoms with van der Waals surface area (Å²) >= 11 is 0. The Morgan fingerprint density at radius 1 is 1.05 bits per heavy atom. The number of hydrogen-bond donors (Lipinski definition) is 0. The van der Waals surface area contributed by atoms with Crippen LogP contribution in [0, 0.1) is 11.3 Å². The van der Waals surface area contributed by atoms with Crippen molar-refractivity contribution in [1.29, 1.82) is 5.26 Å². The number of rotatable bonds is 4. The van der Waals surface area contributed by atoms with Gasteiger partial charge in [0.2, 0.25) is 0 Å². The van der Waals surface area contributed by atoms with Gasteiger partial charge in [0.1, 0.15) is 0 Å². The van der Waals surface area contributed by atoms with E-state index in [-0.39, 0.29) is 6.04 Å². The van der Waals surface area contributed by atoms with Gasteiger partial charge in [0, 0.05) is 38.3 Å². The van der Waals surface area contributed by atoms with Crippen LogP contribution in [-0.2, 0) is 0 Å². The van der Waals surface area contributed by atoms with Crippen LogP contribution >= 0.6 is 0 Å². The summed E-state index contributed by atoms with van der Waals surface area (Å²) in [5, 5.41) is 9.17. The molecule has 1 unspecified atom stereocenters. The Morgan fingerprint density at radius 2 is 1.71 bits per heavy atom. The lowest BCUT2D eigenvalue weighted by Gasteiger charge is -2.41. The van der Waals surface area contributed by atoms with Crippen LogP contribution in [0.5, 0.6) is 0 Å². The number of hydrogen-bond acceptors (Lipinski definition) is 3. The predicted octanol–water partition coefficient (Wildman–Crippen LogP) is 3.20. The van der Waals surface area contributed by atoms with Crippen molar-refractivity contribution in [3.05, 3.63) is 35.9 Å². The normalized spacial score (nSPS) is 23.0. The minimum Gasteiger partial charge on any atom is -0.298 e. The van der Waals surface area contributed by atoms with E-state index in [1.165, 1.54) is 44.3 Å². The van der Waals surface area contributed by atoms with Gasteiger partial charge in [0.05, 0.1) is 12.5 Å². The molecule has 1 aromatic carbocycles. The van der Waals surface area contributed by atoms with E-state index in [4.69, 9.17) is 5.26 Å². The number of nitriles is 1. The Morgan fingerprint density at radius 3 is 2.33 bits per heavy atom. The summed E-state index contributed by atoms with van der Waals surface area (Å²) in [6.07, 6.45) is 6.19. The van der Waals surface area contributed by atoms with Crippen molar-refractivity contribution < 1.29 is 0 Å². The minimum atomic E-state index is 0.266. The molecule has 3 rings (SSSR count). The molecule has 0 bridgehead atoms. The van der Waals surface area contributed by atoms with Gasteiger partial charge in [-0.05, 0) is 18.4 Å². The highest BCUT2D eigenvalue weighted by Gasteiger charge is 2.29. The first-order chi connectivity index (χ1) is 10.4. The van der Waals surface area contributed by atoms with Gasteiger partial charge in [0.15, 0.2) is 0 Å². The molecule has 112 valence electrons. The van der Waals surface area contributed by atoms with E-state index in [9.17, 15) is 0 Å². The highest BCUT2D eigenvalue weighted by molar-refractivity contribution is 5.20. The zero-order chi connectivity index (χ0) is 14.5. The van der Waals surface area contributed by atoms with Crippen LogP contribution in [0.25, 0.3) is 0 Å². The van der Waals surface area contributed by atoms with E-state index in [0.29, 0.717) is 6.42 Å². The molecule has 1 saturated heterocycles. The summed E-state index contributed by atoms with van der Waals surface area (Å²) < 4.78 is 0. The summed E-state index contributed by atoms with van der Waals surface area (Å²) in [4.78, 5) is 5.18. The van der Waals surface area contributed by atoms with E-state index < -0.39 is 0 Å². The molecule has 21 heavy (non-hydrogen) atoms. The van der Waals surface area contributed by atoms with Crippen LogP contribution in [0.4, 0.5) is 0 Å². The first-order valence-corrected chi connectivity index (χ1v) is 8.28. The third-order valence-electron chi connectivity index (χ3n) is 5.10. The van der Waals surface area contributed by atoms with Gasteiger partial charge in [-0.25, -0.2) is 0 Å². The molecule has 0 N–H and O–H groups in total. The standard InChI is InChI=1S/C18H25N3/c19-11-10-18(16-6-2-1-3-7-16)21-14-12-20(13-15-21)17-8-4-5-9-17/h1-3,6-7,17-18H,4-5,8-10,12-15H2. The summed E-state index contributed by atoms with van der Waals surface area (Å²) in [7, 11) is 0. The van der Waals surface area contributed by atoms with Crippen molar-refractivity contribution in [1.82, 2.24) is 9.80 Å². The SMILES string of the molecule is N#CCC(c1ccccc1)N1CCN(C2CCCC2)CC1. The maximum atomic E-state index is 9.17. The van der Waals surface area contributed by atoms with Gasteiger partial charge >= 0.3 is 0 Å². The molecule has 0 amide bonds. The molecule has 2 aliphatic rings. The average molecular weight is 283 g/mol. The molecule has 1 heterocycles. The maximum absolute atomic E-state index is 9.17. The quantitative estimate of drug-likeness (QED) is 0.850. The fourth-order valence-electron chi connectivity index (χ4n) is 3.90. The molecule has 2 fully saturated rings. The Hall–Kier alpha value is -1.37. The second kappa shape index (κ2) is 7.06. The lowest BCUT2D eigenvalue weighted by molar-refractivity contribution is 0.0711. The Kier molecular flexibility index (Phi) is 4.90. The van der Waals surface area contributed by atoms with E-state index >= 15 is 0 Å². The maximum Gasteiger partial charge on any atom is 0.0641 e. The second-order valence-electron chi connectivity index (χ2n) is 6.30. The fourth-order valence-corrected chi connectivity index (χ4v) is 3.90. The summed E-state index contributed by atoms with van der Waals surface area (Å²) in [5.41, 5.74) is 1.29. The third-order valence-corrected chi connectivity index (χ3v) is 5.10. The first-order valence-electron chi connectivity index (χ1n) is 8.28. The molecule has 3 heteroatoms. The summed E-state index contributed by atoms with van der Waals surface area (Å²) in [6.45, 7) is 4.52. The van der Waals surface area contributed by atoms with Gasteiger partial charge in [-0.15, -0.1) is 0 Å². The van der Waals surface area contributed by atoms with Crippen LogP contribution in [0.2, 0.25) is 0 Å². The summed E-state index contributed by atoms with van der Waals surface area (Å²) in [5.74, 6) is 0. The van der Waals surface area contributed by atoms with E-state index in [2.05, 4.69) is 40.1 Å².